The first-order chi connectivity index (χ1) is 37.0. The summed E-state index contributed by atoms with van der Waals surface area (Å²) in [6.07, 6.45) is -21.4. The van der Waals surface area contributed by atoms with Crippen molar-refractivity contribution < 1.29 is 107 Å². The minimum absolute atomic E-state index is 0.00767. The average molecular weight is 1120 g/mol. The van der Waals surface area contributed by atoms with Gasteiger partial charge in [0, 0.05) is 50.5 Å². The molecule has 2 aromatic rings. The van der Waals surface area contributed by atoms with E-state index >= 15 is 4.39 Å². The number of anilines is 1. The molecule has 1 unspecified atom stereocenters. The second-order valence-electron chi connectivity index (χ2n) is 19.8. The number of piperazine rings is 1. The van der Waals surface area contributed by atoms with Gasteiger partial charge in [-0.1, -0.05) is 0 Å². The zero-order valence-corrected chi connectivity index (χ0v) is 42.6. The van der Waals surface area contributed by atoms with Crippen molar-refractivity contribution in [3.8, 4) is 5.75 Å². The molecule has 0 bridgehead atoms. The Morgan fingerprint density at radius 1 is 0.859 bits per heavy atom. The summed E-state index contributed by atoms with van der Waals surface area (Å²) in [7, 11) is 1.31. The van der Waals surface area contributed by atoms with Gasteiger partial charge >= 0.3 is 24.0 Å². The van der Waals surface area contributed by atoms with Crippen LogP contribution in [-0.4, -0.2) is 237 Å². The van der Waals surface area contributed by atoms with Crippen LogP contribution in [0.5, 0.6) is 5.75 Å². The van der Waals surface area contributed by atoms with Gasteiger partial charge in [-0.3, -0.25) is 19.2 Å². The third-order valence-corrected chi connectivity index (χ3v) is 14.4. The molecule has 2 amide bonds. The number of nitrogens with zero attached hydrogens (tertiary/aromatic N) is 3. The summed E-state index contributed by atoms with van der Waals surface area (Å²) in [5, 5.41) is 87.4. The predicted octanol–water partition coefficient (Wildman–Crippen LogP) is -5.75. The van der Waals surface area contributed by atoms with Crippen molar-refractivity contribution in [2.45, 2.75) is 155 Å². The Labute approximate surface area is 443 Å². The lowest BCUT2D eigenvalue weighted by Gasteiger charge is -2.49. The SMILES string of the molecule is COc1c(N2CCN(C(=O)OCOC(=O)CCC(=O)OC[C@H]3O[C@H](O[C@@H]4[C@@H](O)[C@H](O[C@H]5O[C@H](CN)[C@@H](O)[C@H](O)[C@H]5O)[C@@H](N)C[C@H]4NC(=O)[C@@H](O)CCN)[C@H](O)[C@@H](N)[C@@H]3O)C(C)C2)c(F)cc2c(=O)c(C(=O)O)cn(C3CC3)c12. The van der Waals surface area contributed by atoms with E-state index in [4.69, 9.17) is 60.8 Å². The average Bonchev–Trinajstić information content (AvgIpc) is 4.40. The first-order valence-corrected chi connectivity index (χ1v) is 25.3. The summed E-state index contributed by atoms with van der Waals surface area (Å²) in [4.78, 5) is 79.4. The van der Waals surface area contributed by atoms with E-state index in [9.17, 15) is 69.6 Å². The highest BCUT2D eigenvalue weighted by Crippen LogP contribution is 2.44. The largest absolute Gasteiger partial charge is 0.492 e. The first-order valence-electron chi connectivity index (χ1n) is 25.3. The van der Waals surface area contributed by atoms with Crippen LogP contribution in [0.3, 0.4) is 0 Å². The van der Waals surface area contributed by atoms with Gasteiger partial charge in [0.2, 0.25) is 18.1 Å². The second kappa shape index (κ2) is 25.7. The van der Waals surface area contributed by atoms with Gasteiger partial charge in [-0.05, 0) is 45.2 Å². The predicted molar refractivity (Wildman–Crippen MR) is 260 cm³/mol. The quantitative estimate of drug-likeness (QED) is 0.0434. The normalized spacial score (nSPS) is 32.7. The molecule has 4 heterocycles. The Kier molecular flexibility index (Phi) is 19.9. The number of carbonyl (C=O) groups excluding carboxylic acids is 4. The van der Waals surface area contributed by atoms with E-state index in [1.165, 1.54) is 18.2 Å². The molecule has 2 aliphatic carbocycles. The fourth-order valence-electron chi connectivity index (χ4n) is 9.96. The van der Waals surface area contributed by atoms with Crippen LogP contribution in [0.15, 0.2) is 17.1 Å². The zero-order chi connectivity index (χ0) is 57.0. The maximum absolute atomic E-state index is 15.9. The minimum atomic E-state index is -1.88. The van der Waals surface area contributed by atoms with Crippen LogP contribution in [-0.2, 0) is 47.5 Å². The molecule has 2 saturated carbocycles. The Balaban J connectivity index is 0.901. The van der Waals surface area contributed by atoms with Gasteiger partial charge in [0.15, 0.2) is 24.1 Å². The standard InChI is InChI=1S/C47H69FN8O22/c1-18-14-54(32-22(48)11-20-31(42(32)71-2)56(19-3-4-19)15-21(33(20)60)44(68)69)9-10-55(18)47(70)74-17-73-29(59)6-5-28(58)72-16-27-34(61)30(52)36(63)45(76-27)78-41-24(53-43(67)25(57)7-8-49)12-23(51)40(39(41)66)77-46-38(65)37(64)35(62)26(13-50)75-46/h11,15,18-19,23-27,30,34-41,45-46,57,61-66H,3-10,12-14,16-17,49-52H2,1-2H3,(H,53,67)(H,68,69)/t18?,23-,24+,25-,26+,27+,30-,34+,35+,36+,37-,38+,39-,40+,41-,45+,46+/m0/s1. The molecule has 3 aliphatic heterocycles. The maximum Gasteiger partial charge on any atom is 0.413 e. The van der Waals surface area contributed by atoms with E-state index < -0.39 is 177 Å². The van der Waals surface area contributed by atoms with Crippen molar-refractivity contribution in [3.63, 3.8) is 0 Å². The van der Waals surface area contributed by atoms with Crippen molar-refractivity contribution in [1.82, 2.24) is 14.8 Å². The maximum atomic E-state index is 15.9. The van der Waals surface area contributed by atoms with Crippen molar-refractivity contribution in [2.75, 3.05) is 58.1 Å². The number of carbonyl (C=O) groups is 5. The summed E-state index contributed by atoms with van der Waals surface area (Å²) in [6.45, 7) is -0.148. The third kappa shape index (κ3) is 13.1. The second-order valence-corrected chi connectivity index (χ2v) is 19.8. The number of ether oxygens (including phenoxy) is 8. The molecule has 5 aliphatic rings. The molecule has 30 nitrogen and oxygen atoms in total. The van der Waals surface area contributed by atoms with Gasteiger partial charge in [-0.2, -0.15) is 0 Å². The molecule has 17 N–H and O–H groups in total. The van der Waals surface area contributed by atoms with Crippen molar-refractivity contribution in [3.05, 3.63) is 33.9 Å². The molecular formula is C47H69FN8O22. The number of aromatic carboxylic acids is 1. The molecule has 7 rings (SSSR count). The number of esters is 2. The number of aliphatic hydroxyl groups excluding tert-OH is 7. The number of hydrogen-bond donors (Lipinski definition) is 13. The molecule has 1 aromatic carbocycles. The summed E-state index contributed by atoms with van der Waals surface area (Å²) < 4.78 is 61.8. The lowest BCUT2D eigenvalue weighted by Crippen LogP contribution is -2.69. The van der Waals surface area contributed by atoms with E-state index in [0.717, 1.165) is 6.07 Å². The Morgan fingerprint density at radius 3 is 2.14 bits per heavy atom. The van der Waals surface area contributed by atoms with E-state index in [1.54, 1.807) is 16.4 Å². The number of aromatic nitrogens is 1. The number of benzene rings is 1. The highest BCUT2D eigenvalue weighted by molar-refractivity contribution is 5.97. The lowest BCUT2D eigenvalue weighted by atomic mass is 9.83. The van der Waals surface area contributed by atoms with Crippen molar-refractivity contribution >= 4 is 46.5 Å². The number of nitrogens with one attached hydrogen (secondary N) is 1. The number of nitrogens with two attached hydrogens (primary N) is 4. The van der Waals surface area contributed by atoms with Crippen LogP contribution in [0.25, 0.3) is 10.9 Å². The molecule has 436 valence electrons. The topological polar surface area (TPSA) is 466 Å². The Hall–Kier alpha value is -5.49. The van der Waals surface area contributed by atoms with E-state index in [2.05, 4.69) is 5.32 Å². The molecule has 78 heavy (non-hydrogen) atoms. The molecule has 0 radical (unpaired) electrons. The summed E-state index contributed by atoms with van der Waals surface area (Å²) in [6, 6.07) is -3.70. The van der Waals surface area contributed by atoms with Crippen molar-refractivity contribution in [2.24, 2.45) is 22.9 Å². The molecule has 5 fully saturated rings. The van der Waals surface area contributed by atoms with Gasteiger partial charge < -0.3 is 121 Å². The van der Waals surface area contributed by atoms with Crippen LogP contribution < -0.4 is 43.3 Å². The van der Waals surface area contributed by atoms with Crippen LogP contribution in [0.1, 0.15) is 61.8 Å². The molecule has 0 spiro atoms. The number of fused-ring (bicyclic) bond motifs is 1. The smallest absolute Gasteiger partial charge is 0.413 e. The number of rotatable bonds is 20. The van der Waals surface area contributed by atoms with E-state index in [1.807, 2.05) is 0 Å². The van der Waals surface area contributed by atoms with Crippen LogP contribution in [0, 0.1) is 5.82 Å². The van der Waals surface area contributed by atoms with Crippen LogP contribution in [0.2, 0.25) is 0 Å². The number of amides is 2. The van der Waals surface area contributed by atoms with Gasteiger partial charge in [-0.25, -0.2) is 14.0 Å². The summed E-state index contributed by atoms with van der Waals surface area (Å²) in [5.74, 6) is -5.17. The molecule has 17 atom stereocenters. The molecular weight excluding hydrogens is 1050 g/mol. The fraction of sp³-hybridized carbons (Fsp3) is 0.702. The molecule has 3 saturated heterocycles. The minimum Gasteiger partial charge on any atom is -0.492 e. The number of methoxy groups -OCH3 is 1. The summed E-state index contributed by atoms with van der Waals surface area (Å²) in [5.41, 5.74) is 22.5. The van der Waals surface area contributed by atoms with Crippen LogP contribution in [0.4, 0.5) is 14.9 Å². The Bertz CT molecular complexity index is 2540. The number of halogens is 1. The van der Waals surface area contributed by atoms with Gasteiger partial charge in [0.1, 0.15) is 85.0 Å². The monoisotopic (exact) mass is 1120 g/mol. The number of carboxylic acid groups (broad SMARTS) is 1. The van der Waals surface area contributed by atoms with E-state index in [0.29, 0.717) is 12.8 Å². The van der Waals surface area contributed by atoms with Gasteiger partial charge in [-0.15, -0.1) is 0 Å². The molecule has 1 aromatic heterocycles. The highest BCUT2D eigenvalue weighted by Gasteiger charge is 2.53. The van der Waals surface area contributed by atoms with Gasteiger partial charge in [0.25, 0.3) is 0 Å². The summed E-state index contributed by atoms with van der Waals surface area (Å²) >= 11 is 0. The van der Waals surface area contributed by atoms with Crippen LogP contribution >= 0.6 is 0 Å². The number of carboxylic acids is 1. The van der Waals surface area contributed by atoms with Crippen molar-refractivity contribution in [1.29, 1.82) is 0 Å². The number of pyridine rings is 1. The lowest BCUT2D eigenvalue weighted by molar-refractivity contribution is -0.332. The fourth-order valence-corrected chi connectivity index (χ4v) is 9.96. The van der Waals surface area contributed by atoms with Gasteiger partial charge in [0.05, 0.1) is 42.9 Å². The number of aliphatic hydroxyl groups is 7. The molecule has 31 heteroatoms. The first kappa shape index (κ1) is 60.2. The highest BCUT2D eigenvalue weighted by atomic mass is 19.1. The third-order valence-electron chi connectivity index (χ3n) is 14.4. The van der Waals surface area contributed by atoms with E-state index in [-0.39, 0.29) is 73.9 Å². The number of hydrogen-bond acceptors (Lipinski definition) is 26. The Morgan fingerprint density at radius 2 is 1.51 bits per heavy atom. The zero-order valence-electron chi connectivity index (χ0n) is 42.6.